The molecule has 0 amide bonds. The Bertz CT molecular complexity index is 440. The summed E-state index contributed by atoms with van der Waals surface area (Å²) < 4.78 is 10.2. The smallest absolute Gasteiger partial charge is 0.311 e. The molecular weight excluding hydrogens is 256 g/mol. The van der Waals surface area contributed by atoms with Gasteiger partial charge in [0.25, 0.3) is 0 Å². The van der Waals surface area contributed by atoms with E-state index >= 15 is 0 Å². The van der Waals surface area contributed by atoms with Crippen molar-refractivity contribution in [3.63, 3.8) is 0 Å². The minimum atomic E-state index is -0.412. The molecule has 0 aromatic heterocycles. The summed E-state index contributed by atoms with van der Waals surface area (Å²) in [4.78, 5) is 23.0. The van der Waals surface area contributed by atoms with E-state index in [9.17, 15) is 9.59 Å². The van der Waals surface area contributed by atoms with Crippen LogP contribution in [0.3, 0.4) is 0 Å². The fourth-order valence-electron chi connectivity index (χ4n) is 1.66. The number of benzene rings is 1. The number of hydrogen-bond donors (Lipinski definition) is 0. The molecule has 0 unspecified atom stereocenters. The van der Waals surface area contributed by atoms with Crippen LogP contribution in [0.25, 0.3) is 0 Å². The maximum absolute atomic E-state index is 11.6. The van der Waals surface area contributed by atoms with E-state index < -0.39 is 5.97 Å². The zero-order valence-electron chi connectivity index (χ0n) is 12.2. The standard InChI is InChI=1S/C16H22O4/c1-3-4-7-12-19-15(17)10-11-16(18)20-14-9-6-5-8-13(14)2/h5-6,8-9H,3-4,7,10-12H2,1-2H3. The van der Waals surface area contributed by atoms with Crippen molar-refractivity contribution in [2.45, 2.75) is 46.0 Å². The van der Waals surface area contributed by atoms with Gasteiger partial charge in [-0.15, -0.1) is 0 Å². The van der Waals surface area contributed by atoms with Gasteiger partial charge in [-0.1, -0.05) is 38.0 Å². The first-order chi connectivity index (χ1) is 9.63. The molecule has 0 spiro atoms. The molecule has 0 saturated carbocycles. The molecule has 0 radical (unpaired) electrons. The summed E-state index contributed by atoms with van der Waals surface area (Å²) in [7, 11) is 0. The van der Waals surface area contributed by atoms with Crippen molar-refractivity contribution in [3.8, 4) is 5.75 Å². The molecule has 1 aromatic carbocycles. The highest BCUT2D eigenvalue weighted by Crippen LogP contribution is 2.17. The molecule has 0 saturated heterocycles. The quantitative estimate of drug-likeness (QED) is 0.415. The van der Waals surface area contributed by atoms with Gasteiger partial charge in [-0.2, -0.15) is 0 Å². The van der Waals surface area contributed by atoms with E-state index in [-0.39, 0.29) is 18.8 Å². The maximum Gasteiger partial charge on any atom is 0.311 e. The van der Waals surface area contributed by atoms with Gasteiger partial charge in [-0.3, -0.25) is 9.59 Å². The Labute approximate surface area is 120 Å². The molecule has 110 valence electrons. The van der Waals surface area contributed by atoms with Crippen LogP contribution in [0.5, 0.6) is 5.75 Å². The van der Waals surface area contributed by atoms with Crippen LogP contribution in [-0.2, 0) is 14.3 Å². The molecule has 1 rings (SSSR count). The number of carbonyl (C=O) groups excluding carboxylic acids is 2. The molecule has 4 heteroatoms. The van der Waals surface area contributed by atoms with Crippen LogP contribution >= 0.6 is 0 Å². The van der Waals surface area contributed by atoms with E-state index in [1.807, 2.05) is 19.1 Å². The Balaban J connectivity index is 2.23. The van der Waals surface area contributed by atoms with Crippen molar-refractivity contribution in [1.82, 2.24) is 0 Å². The van der Waals surface area contributed by atoms with Crippen LogP contribution in [0.4, 0.5) is 0 Å². The monoisotopic (exact) mass is 278 g/mol. The second-order valence-electron chi connectivity index (χ2n) is 4.67. The van der Waals surface area contributed by atoms with Crippen LogP contribution in [0.2, 0.25) is 0 Å². The number of carbonyl (C=O) groups is 2. The van der Waals surface area contributed by atoms with Crippen molar-refractivity contribution in [3.05, 3.63) is 29.8 Å². The summed E-state index contributed by atoms with van der Waals surface area (Å²) in [6, 6.07) is 7.28. The van der Waals surface area contributed by atoms with Crippen molar-refractivity contribution in [2.75, 3.05) is 6.61 Å². The fourth-order valence-corrected chi connectivity index (χ4v) is 1.66. The Morgan fingerprint density at radius 1 is 1.05 bits per heavy atom. The molecule has 0 heterocycles. The lowest BCUT2D eigenvalue weighted by atomic mass is 10.2. The molecule has 0 aliphatic heterocycles. The molecule has 20 heavy (non-hydrogen) atoms. The number of ether oxygens (including phenoxy) is 2. The van der Waals surface area contributed by atoms with Crippen LogP contribution in [0, 0.1) is 6.92 Å². The summed E-state index contributed by atoms with van der Waals surface area (Å²) in [6.07, 6.45) is 3.11. The lowest BCUT2D eigenvalue weighted by Gasteiger charge is -2.07. The fraction of sp³-hybridized carbons (Fsp3) is 0.500. The molecule has 4 nitrogen and oxygen atoms in total. The minimum Gasteiger partial charge on any atom is -0.466 e. The molecular formula is C16H22O4. The summed E-state index contributed by atoms with van der Waals surface area (Å²) >= 11 is 0. The van der Waals surface area contributed by atoms with Gasteiger partial charge in [0.05, 0.1) is 19.4 Å². The van der Waals surface area contributed by atoms with Crippen molar-refractivity contribution in [1.29, 1.82) is 0 Å². The zero-order chi connectivity index (χ0) is 14.8. The third-order valence-corrected chi connectivity index (χ3v) is 2.86. The average Bonchev–Trinajstić information content (AvgIpc) is 2.44. The molecule has 0 bridgehead atoms. The largest absolute Gasteiger partial charge is 0.466 e. The highest BCUT2D eigenvalue weighted by Gasteiger charge is 2.10. The van der Waals surface area contributed by atoms with Crippen LogP contribution in [-0.4, -0.2) is 18.5 Å². The van der Waals surface area contributed by atoms with Gasteiger partial charge in [0, 0.05) is 0 Å². The second-order valence-corrected chi connectivity index (χ2v) is 4.67. The van der Waals surface area contributed by atoms with Gasteiger partial charge < -0.3 is 9.47 Å². The van der Waals surface area contributed by atoms with E-state index in [1.165, 1.54) is 0 Å². The summed E-state index contributed by atoms with van der Waals surface area (Å²) in [5.41, 5.74) is 0.892. The van der Waals surface area contributed by atoms with E-state index in [4.69, 9.17) is 9.47 Å². The van der Waals surface area contributed by atoms with E-state index in [2.05, 4.69) is 6.92 Å². The SMILES string of the molecule is CCCCCOC(=O)CCC(=O)Oc1ccccc1C. The lowest BCUT2D eigenvalue weighted by Crippen LogP contribution is -2.13. The molecule has 0 N–H and O–H groups in total. The Kier molecular flexibility index (Phi) is 7.40. The first-order valence-corrected chi connectivity index (χ1v) is 7.05. The molecule has 1 aromatic rings. The Hall–Kier alpha value is -1.84. The topological polar surface area (TPSA) is 52.6 Å². The predicted molar refractivity (Wildman–Crippen MR) is 76.5 cm³/mol. The molecule has 0 aliphatic rings. The third kappa shape index (κ3) is 6.36. The van der Waals surface area contributed by atoms with Gasteiger partial charge in [-0.25, -0.2) is 0 Å². The second kappa shape index (κ2) is 9.13. The Morgan fingerprint density at radius 2 is 1.75 bits per heavy atom. The van der Waals surface area contributed by atoms with Gasteiger partial charge in [0.15, 0.2) is 0 Å². The Morgan fingerprint density at radius 3 is 2.45 bits per heavy atom. The molecule has 0 aliphatic carbocycles. The van der Waals surface area contributed by atoms with E-state index in [1.54, 1.807) is 12.1 Å². The van der Waals surface area contributed by atoms with Gasteiger partial charge in [0.1, 0.15) is 5.75 Å². The van der Waals surface area contributed by atoms with Crippen LogP contribution < -0.4 is 4.74 Å². The first kappa shape index (κ1) is 16.2. The average molecular weight is 278 g/mol. The predicted octanol–water partition coefficient (Wildman–Crippen LogP) is 3.41. The first-order valence-electron chi connectivity index (χ1n) is 7.05. The van der Waals surface area contributed by atoms with E-state index in [0.29, 0.717) is 12.4 Å². The molecule has 0 fully saturated rings. The summed E-state index contributed by atoms with van der Waals surface area (Å²) in [5.74, 6) is -0.221. The number of unbranched alkanes of at least 4 members (excludes halogenated alkanes) is 2. The summed E-state index contributed by atoms with van der Waals surface area (Å²) in [5, 5.41) is 0. The van der Waals surface area contributed by atoms with Crippen molar-refractivity contribution in [2.24, 2.45) is 0 Å². The zero-order valence-corrected chi connectivity index (χ0v) is 12.2. The third-order valence-electron chi connectivity index (χ3n) is 2.86. The summed E-state index contributed by atoms with van der Waals surface area (Å²) in [6.45, 7) is 4.38. The van der Waals surface area contributed by atoms with Gasteiger partial charge in [0.2, 0.25) is 0 Å². The number of aryl methyl sites for hydroxylation is 1. The minimum absolute atomic E-state index is 0.0426. The van der Waals surface area contributed by atoms with Crippen LogP contribution in [0.15, 0.2) is 24.3 Å². The number of para-hydroxylation sites is 1. The highest BCUT2D eigenvalue weighted by molar-refractivity contribution is 5.79. The molecule has 0 atom stereocenters. The highest BCUT2D eigenvalue weighted by atomic mass is 16.5. The lowest BCUT2D eigenvalue weighted by molar-refractivity contribution is -0.147. The number of esters is 2. The van der Waals surface area contributed by atoms with Crippen LogP contribution in [0.1, 0.15) is 44.6 Å². The van der Waals surface area contributed by atoms with E-state index in [0.717, 1.165) is 24.8 Å². The van der Waals surface area contributed by atoms with Gasteiger partial charge >= 0.3 is 11.9 Å². The maximum atomic E-state index is 11.6. The number of rotatable bonds is 8. The normalized spacial score (nSPS) is 10.1. The number of hydrogen-bond acceptors (Lipinski definition) is 4. The van der Waals surface area contributed by atoms with Crippen molar-refractivity contribution >= 4 is 11.9 Å². The van der Waals surface area contributed by atoms with Crippen molar-refractivity contribution < 1.29 is 19.1 Å². The van der Waals surface area contributed by atoms with Gasteiger partial charge in [-0.05, 0) is 25.0 Å².